The van der Waals surface area contributed by atoms with Crippen LogP contribution in [0.25, 0.3) is 0 Å². The Bertz CT molecular complexity index is 265. The molecule has 2 nitrogen and oxygen atoms in total. The molecule has 0 spiro atoms. The zero-order valence-corrected chi connectivity index (χ0v) is 7.57. The molecule has 11 heavy (non-hydrogen) atoms. The van der Waals surface area contributed by atoms with Crippen molar-refractivity contribution in [1.82, 2.24) is 5.32 Å². The first-order chi connectivity index (χ1) is 5.15. The topological polar surface area (TPSA) is 29.1 Å². The first-order valence-electron chi connectivity index (χ1n) is 3.15. The van der Waals surface area contributed by atoms with Crippen LogP contribution >= 0.6 is 15.9 Å². The van der Waals surface area contributed by atoms with Crippen molar-refractivity contribution >= 4 is 21.8 Å². The lowest BCUT2D eigenvalue weighted by Gasteiger charge is -1.97. The van der Waals surface area contributed by atoms with E-state index in [2.05, 4.69) is 34.4 Å². The summed E-state index contributed by atoms with van der Waals surface area (Å²) in [4.78, 5) is 10.9. The summed E-state index contributed by atoms with van der Waals surface area (Å²) in [5.41, 5.74) is 1.65. The fourth-order valence-electron chi connectivity index (χ4n) is 0.942. The minimum absolute atomic E-state index is 0.00417. The molecule has 0 aromatic heterocycles. The number of carbonyl (C=O) groups excluding carboxylic acids is 1. The van der Waals surface area contributed by atoms with Crippen LogP contribution in [0.15, 0.2) is 35.0 Å². The van der Waals surface area contributed by atoms with Crippen LogP contribution in [-0.2, 0) is 4.79 Å². The first kappa shape index (κ1) is 8.27. The maximum absolute atomic E-state index is 10.9. The highest BCUT2D eigenvalue weighted by atomic mass is 79.9. The first-order valence-corrected chi connectivity index (χ1v) is 3.94. The lowest BCUT2D eigenvalue weighted by molar-refractivity contribution is -0.118. The van der Waals surface area contributed by atoms with Crippen molar-refractivity contribution in [3.8, 4) is 0 Å². The third kappa shape index (κ3) is 1.60. The van der Waals surface area contributed by atoms with Crippen molar-refractivity contribution in [2.24, 2.45) is 0 Å². The number of allylic oxidation sites excluding steroid dienone is 2. The van der Waals surface area contributed by atoms with Crippen LogP contribution in [-0.4, -0.2) is 5.91 Å². The Balaban J connectivity index is 2.96. The van der Waals surface area contributed by atoms with Crippen LogP contribution in [0.4, 0.5) is 0 Å². The molecular formula is C8H8BrNO. The van der Waals surface area contributed by atoms with E-state index in [1.807, 2.05) is 0 Å². The largest absolute Gasteiger partial charge is 0.326 e. The smallest absolute Gasteiger partial charge is 0.228 e. The van der Waals surface area contributed by atoms with Gasteiger partial charge in [0.15, 0.2) is 0 Å². The van der Waals surface area contributed by atoms with Gasteiger partial charge >= 0.3 is 0 Å². The van der Waals surface area contributed by atoms with E-state index in [0.717, 1.165) is 15.8 Å². The summed E-state index contributed by atoms with van der Waals surface area (Å²) in [6.45, 7) is 7.26. The van der Waals surface area contributed by atoms with Crippen molar-refractivity contribution < 1.29 is 4.79 Å². The Morgan fingerprint density at radius 3 is 2.73 bits per heavy atom. The maximum atomic E-state index is 10.9. The molecule has 0 aliphatic carbocycles. The molecule has 1 aliphatic rings. The zero-order valence-electron chi connectivity index (χ0n) is 5.98. The lowest BCUT2D eigenvalue weighted by Crippen LogP contribution is -2.13. The fraction of sp³-hybridized carbons (Fsp3) is 0.125. The zero-order chi connectivity index (χ0) is 8.43. The number of hydrogen-bond donors (Lipinski definition) is 1. The van der Waals surface area contributed by atoms with Crippen molar-refractivity contribution in [2.45, 2.75) is 6.42 Å². The SMILES string of the molecule is C=CC1=C(C(=C)Br)CC(=O)N1. The molecule has 0 saturated heterocycles. The number of rotatable bonds is 2. The van der Waals surface area contributed by atoms with Crippen molar-refractivity contribution in [3.63, 3.8) is 0 Å². The van der Waals surface area contributed by atoms with Crippen LogP contribution in [0.1, 0.15) is 6.42 Å². The van der Waals surface area contributed by atoms with E-state index in [1.54, 1.807) is 6.08 Å². The van der Waals surface area contributed by atoms with Crippen LogP contribution in [0.5, 0.6) is 0 Å². The number of nitrogens with one attached hydrogen (secondary N) is 1. The van der Waals surface area contributed by atoms with Gasteiger partial charge in [-0.3, -0.25) is 4.79 Å². The third-order valence-corrected chi connectivity index (χ3v) is 1.95. The summed E-state index contributed by atoms with van der Waals surface area (Å²) in [6.07, 6.45) is 2.01. The van der Waals surface area contributed by atoms with E-state index >= 15 is 0 Å². The van der Waals surface area contributed by atoms with Gasteiger partial charge in [-0.15, -0.1) is 0 Å². The highest BCUT2D eigenvalue weighted by Crippen LogP contribution is 2.25. The Morgan fingerprint density at radius 2 is 2.36 bits per heavy atom. The van der Waals surface area contributed by atoms with Crippen LogP contribution in [0.3, 0.4) is 0 Å². The van der Waals surface area contributed by atoms with E-state index in [9.17, 15) is 4.79 Å². The quantitative estimate of drug-likeness (QED) is 0.746. The average molecular weight is 214 g/mol. The fourth-order valence-corrected chi connectivity index (χ4v) is 1.30. The highest BCUT2D eigenvalue weighted by Gasteiger charge is 2.19. The monoisotopic (exact) mass is 213 g/mol. The van der Waals surface area contributed by atoms with Gasteiger partial charge in [0, 0.05) is 10.2 Å². The number of hydrogen-bond acceptors (Lipinski definition) is 1. The number of carbonyl (C=O) groups is 1. The highest BCUT2D eigenvalue weighted by molar-refractivity contribution is 9.11. The summed E-state index contributed by atoms with van der Waals surface area (Å²) in [6, 6.07) is 0. The number of halogens is 1. The van der Waals surface area contributed by atoms with Gasteiger partial charge in [-0.05, 0) is 11.6 Å². The molecule has 0 atom stereocenters. The Kier molecular flexibility index (Phi) is 2.29. The van der Waals surface area contributed by atoms with Gasteiger partial charge in [0.25, 0.3) is 0 Å². The van der Waals surface area contributed by atoms with E-state index < -0.39 is 0 Å². The molecule has 0 unspecified atom stereocenters. The summed E-state index contributed by atoms with van der Waals surface area (Å²) >= 11 is 3.22. The third-order valence-electron chi connectivity index (χ3n) is 1.47. The molecule has 1 aliphatic heterocycles. The molecule has 0 aromatic rings. The molecular weight excluding hydrogens is 206 g/mol. The van der Waals surface area contributed by atoms with Gasteiger partial charge in [-0.25, -0.2) is 0 Å². The summed E-state index contributed by atoms with van der Waals surface area (Å²) < 4.78 is 0.741. The second-order valence-corrected chi connectivity index (χ2v) is 3.18. The molecule has 58 valence electrons. The minimum Gasteiger partial charge on any atom is -0.326 e. The molecule has 0 saturated carbocycles. The predicted molar refractivity (Wildman–Crippen MR) is 48.0 cm³/mol. The second-order valence-electron chi connectivity index (χ2n) is 2.23. The van der Waals surface area contributed by atoms with Gasteiger partial charge in [-0.2, -0.15) is 0 Å². The summed E-state index contributed by atoms with van der Waals surface area (Å²) in [5, 5.41) is 2.67. The van der Waals surface area contributed by atoms with Gasteiger partial charge in [-0.1, -0.05) is 29.1 Å². The van der Waals surface area contributed by atoms with Crippen LogP contribution in [0, 0.1) is 0 Å². The normalized spacial score (nSPS) is 16.6. The van der Waals surface area contributed by atoms with Crippen molar-refractivity contribution in [2.75, 3.05) is 0 Å². The standard InChI is InChI=1S/C8H8BrNO/c1-3-7-6(5(2)9)4-8(11)10-7/h3H,1-2,4H2,(H,10,11). The average Bonchev–Trinajstić information content (AvgIpc) is 2.30. The Labute approximate surface area is 73.8 Å². The second kappa shape index (κ2) is 3.05. The van der Waals surface area contributed by atoms with Crippen LogP contribution < -0.4 is 5.32 Å². The molecule has 0 aromatic carbocycles. The van der Waals surface area contributed by atoms with Crippen molar-refractivity contribution in [1.29, 1.82) is 0 Å². The van der Waals surface area contributed by atoms with E-state index in [-0.39, 0.29) is 5.91 Å². The molecule has 0 radical (unpaired) electrons. The Morgan fingerprint density at radius 1 is 1.73 bits per heavy atom. The number of amides is 1. The summed E-state index contributed by atoms with van der Waals surface area (Å²) in [7, 11) is 0. The van der Waals surface area contributed by atoms with Gasteiger partial charge in [0.1, 0.15) is 0 Å². The molecule has 1 rings (SSSR count). The van der Waals surface area contributed by atoms with Crippen LogP contribution in [0.2, 0.25) is 0 Å². The van der Waals surface area contributed by atoms with E-state index in [0.29, 0.717) is 6.42 Å². The Hall–Kier alpha value is -0.830. The predicted octanol–water partition coefficient (Wildman–Crippen LogP) is 1.85. The van der Waals surface area contributed by atoms with Gasteiger partial charge in [0.2, 0.25) is 5.91 Å². The lowest BCUT2D eigenvalue weighted by atomic mass is 10.2. The van der Waals surface area contributed by atoms with E-state index in [1.165, 1.54) is 0 Å². The molecule has 1 amide bonds. The molecule has 1 heterocycles. The molecule has 3 heteroatoms. The van der Waals surface area contributed by atoms with Gasteiger partial charge in [0.05, 0.1) is 6.42 Å². The maximum Gasteiger partial charge on any atom is 0.228 e. The van der Waals surface area contributed by atoms with E-state index in [4.69, 9.17) is 0 Å². The molecule has 0 bridgehead atoms. The molecule has 1 N–H and O–H groups in total. The molecule has 0 fully saturated rings. The minimum atomic E-state index is -0.00417. The summed E-state index contributed by atoms with van der Waals surface area (Å²) in [5.74, 6) is -0.00417. The van der Waals surface area contributed by atoms with Gasteiger partial charge < -0.3 is 5.32 Å². The van der Waals surface area contributed by atoms with Crippen molar-refractivity contribution in [3.05, 3.63) is 35.0 Å².